The minimum atomic E-state index is -2.88. The summed E-state index contributed by atoms with van der Waals surface area (Å²) >= 11 is 0. The van der Waals surface area contributed by atoms with E-state index in [1.54, 1.807) is 6.92 Å². The van der Waals surface area contributed by atoms with Gasteiger partial charge in [0.2, 0.25) is 0 Å². The average molecular weight is 210 g/mol. The summed E-state index contributed by atoms with van der Waals surface area (Å²) in [5.74, 6) is -3.61. The quantitative estimate of drug-likeness (QED) is 0.626. The van der Waals surface area contributed by atoms with E-state index in [0.29, 0.717) is 0 Å². The monoisotopic (exact) mass is 210 g/mol. The number of carboxylic acids is 2. The van der Waals surface area contributed by atoms with E-state index in [9.17, 15) is 14.7 Å². The van der Waals surface area contributed by atoms with Crippen molar-refractivity contribution in [3.05, 3.63) is 35.4 Å². The number of aliphatic carboxylic acids is 2. The molecular weight excluding hydrogens is 200 g/mol. The molecule has 0 atom stereocenters. The Morgan fingerprint density at radius 2 is 1.47 bits per heavy atom. The van der Waals surface area contributed by atoms with Crippen LogP contribution in [0.2, 0.25) is 0 Å². The van der Waals surface area contributed by atoms with Crippen LogP contribution >= 0.6 is 0 Å². The molecule has 5 nitrogen and oxygen atoms in total. The summed E-state index contributed by atoms with van der Waals surface area (Å²) in [6.07, 6.45) is 0. The van der Waals surface area contributed by atoms with E-state index in [4.69, 9.17) is 10.2 Å². The van der Waals surface area contributed by atoms with Crippen LogP contribution in [0.15, 0.2) is 24.3 Å². The van der Waals surface area contributed by atoms with Gasteiger partial charge in [-0.1, -0.05) is 29.8 Å². The minimum absolute atomic E-state index is 0.173. The van der Waals surface area contributed by atoms with E-state index in [1.807, 2.05) is 0 Å². The first kappa shape index (κ1) is 11.2. The Morgan fingerprint density at radius 1 is 1.07 bits per heavy atom. The Kier molecular flexibility index (Phi) is 2.76. The second-order valence-corrected chi connectivity index (χ2v) is 3.19. The summed E-state index contributed by atoms with van der Waals surface area (Å²) in [7, 11) is 0. The molecule has 0 heterocycles. The Bertz CT molecular complexity index is 379. The molecule has 0 aromatic heterocycles. The summed E-state index contributed by atoms with van der Waals surface area (Å²) in [5, 5.41) is 26.9. The van der Waals surface area contributed by atoms with E-state index in [2.05, 4.69) is 0 Å². The standard InChI is InChI=1S/C10H10O5/c1-6-2-4-7(5-3-6)10(15,8(11)12)9(13)14/h2-5,15H,1H3,(H,11,12)(H,13,14). The normalized spacial score (nSPS) is 11.1. The van der Waals surface area contributed by atoms with Gasteiger partial charge < -0.3 is 15.3 Å². The molecule has 0 spiro atoms. The SMILES string of the molecule is Cc1ccc(C(O)(C(=O)O)C(=O)O)cc1. The fourth-order valence-electron chi connectivity index (χ4n) is 1.13. The van der Waals surface area contributed by atoms with Gasteiger partial charge in [-0.05, 0) is 6.92 Å². The van der Waals surface area contributed by atoms with Gasteiger partial charge in [0.1, 0.15) is 0 Å². The molecule has 0 bridgehead atoms. The molecule has 0 aliphatic rings. The summed E-state index contributed by atoms with van der Waals surface area (Å²) < 4.78 is 0. The smallest absolute Gasteiger partial charge is 0.352 e. The van der Waals surface area contributed by atoms with E-state index < -0.39 is 17.5 Å². The van der Waals surface area contributed by atoms with E-state index in [0.717, 1.165) is 5.56 Å². The van der Waals surface area contributed by atoms with Crippen LogP contribution in [0.25, 0.3) is 0 Å². The summed E-state index contributed by atoms with van der Waals surface area (Å²) in [4.78, 5) is 21.4. The van der Waals surface area contributed by atoms with Crippen LogP contribution in [0, 0.1) is 6.92 Å². The zero-order valence-corrected chi connectivity index (χ0v) is 7.97. The lowest BCUT2D eigenvalue weighted by atomic mass is 9.93. The largest absolute Gasteiger partial charge is 0.478 e. The zero-order valence-electron chi connectivity index (χ0n) is 7.97. The van der Waals surface area contributed by atoms with Crippen molar-refractivity contribution in [1.29, 1.82) is 0 Å². The molecular formula is C10H10O5. The van der Waals surface area contributed by atoms with E-state index in [1.165, 1.54) is 24.3 Å². The number of aliphatic hydroxyl groups is 1. The molecule has 0 saturated carbocycles. The van der Waals surface area contributed by atoms with Crippen LogP contribution in [-0.4, -0.2) is 27.3 Å². The van der Waals surface area contributed by atoms with Crippen LogP contribution in [0.4, 0.5) is 0 Å². The third-order valence-electron chi connectivity index (χ3n) is 2.09. The number of carboxylic acid groups (broad SMARTS) is 2. The van der Waals surface area contributed by atoms with Crippen molar-refractivity contribution >= 4 is 11.9 Å². The van der Waals surface area contributed by atoms with Crippen LogP contribution in [-0.2, 0) is 15.2 Å². The highest BCUT2D eigenvalue weighted by molar-refractivity contribution is 6.02. The Balaban J connectivity index is 3.28. The summed E-state index contributed by atoms with van der Waals surface area (Å²) in [6.45, 7) is 1.77. The highest BCUT2D eigenvalue weighted by Crippen LogP contribution is 2.22. The van der Waals surface area contributed by atoms with Crippen molar-refractivity contribution in [3.63, 3.8) is 0 Å². The van der Waals surface area contributed by atoms with Crippen LogP contribution < -0.4 is 0 Å². The van der Waals surface area contributed by atoms with Gasteiger partial charge in [0, 0.05) is 5.56 Å². The molecule has 3 N–H and O–H groups in total. The predicted molar refractivity (Wildman–Crippen MR) is 50.3 cm³/mol. The van der Waals surface area contributed by atoms with E-state index in [-0.39, 0.29) is 5.56 Å². The molecule has 0 fully saturated rings. The first-order valence-corrected chi connectivity index (χ1v) is 4.15. The average Bonchev–Trinajstić information content (AvgIpc) is 2.17. The maximum atomic E-state index is 10.7. The molecule has 0 saturated heterocycles. The third-order valence-corrected chi connectivity index (χ3v) is 2.09. The fourth-order valence-corrected chi connectivity index (χ4v) is 1.13. The lowest BCUT2D eigenvalue weighted by molar-refractivity contribution is -0.177. The third kappa shape index (κ3) is 1.82. The maximum absolute atomic E-state index is 10.7. The number of rotatable bonds is 3. The highest BCUT2D eigenvalue weighted by Gasteiger charge is 2.46. The van der Waals surface area contributed by atoms with Crippen molar-refractivity contribution in [3.8, 4) is 0 Å². The van der Waals surface area contributed by atoms with Gasteiger partial charge in [-0.3, -0.25) is 0 Å². The maximum Gasteiger partial charge on any atom is 0.352 e. The second-order valence-electron chi connectivity index (χ2n) is 3.19. The number of hydrogen-bond acceptors (Lipinski definition) is 3. The molecule has 0 aliphatic carbocycles. The second kappa shape index (κ2) is 3.70. The van der Waals surface area contributed by atoms with Crippen LogP contribution in [0.1, 0.15) is 11.1 Å². The van der Waals surface area contributed by atoms with Gasteiger partial charge in [0.15, 0.2) is 0 Å². The van der Waals surface area contributed by atoms with Crippen molar-refractivity contribution in [2.45, 2.75) is 12.5 Å². The van der Waals surface area contributed by atoms with Crippen molar-refractivity contribution in [2.24, 2.45) is 0 Å². The first-order chi connectivity index (χ1) is 6.89. The van der Waals surface area contributed by atoms with Crippen LogP contribution in [0.5, 0.6) is 0 Å². The number of benzene rings is 1. The molecule has 15 heavy (non-hydrogen) atoms. The zero-order chi connectivity index (χ0) is 11.6. The van der Waals surface area contributed by atoms with Gasteiger partial charge in [-0.2, -0.15) is 0 Å². The van der Waals surface area contributed by atoms with Gasteiger partial charge in [0.25, 0.3) is 5.60 Å². The highest BCUT2D eigenvalue weighted by atomic mass is 16.4. The van der Waals surface area contributed by atoms with Gasteiger partial charge in [-0.25, -0.2) is 9.59 Å². The van der Waals surface area contributed by atoms with Gasteiger partial charge in [-0.15, -0.1) is 0 Å². The molecule has 5 heteroatoms. The van der Waals surface area contributed by atoms with Crippen molar-refractivity contribution in [1.82, 2.24) is 0 Å². The minimum Gasteiger partial charge on any atom is -0.478 e. The Hall–Kier alpha value is -1.88. The lowest BCUT2D eigenvalue weighted by Gasteiger charge is -2.18. The number of hydrogen-bond donors (Lipinski definition) is 3. The van der Waals surface area contributed by atoms with E-state index >= 15 is 0 Å². The van der Waals surface area contributed by atoms with Crippen molar-refractivity contribution in [2.75, 3.05) is 0 Å². The number of carbonyl (C=O) groups is 2. The van der Waals surface area contributed by atoms with Crippen LogP contribution in [0.3, 0.4) is 0 Å². The van der Waals surface area contributed by atoms with Crippen molar-refractivity contribution < 1.29 is 24.9 Å². The topological polar surface area (TPSA) is 94.8 Å². The molecule has 0 unspecified atom stereocenters. The molecule has 1 aromatic rings. The molecule has 0 radical (unpaired) electrons. The van der Waals surface area contributed by atoms with Gasteiger partial charge >= 0.3 is 11.9 Å². The molecule has 0 amide bonds. The molecule has 1 aromatic carbocycles. The molecule has 0 aliphatic heterocycles. The van der Waals surface area contributed by atoms with Gasteiger partial charge in [0.05, 0.1) is 0 Å². The Morgan fingerprint density at radius 3 is 1.80 bits per heavy atom. The lowest BCUT2D eigenvalue weighted by Crippen LogP contribution is -2.43. The summed E-state index contributed by atoms with van der Waals surface area (Å²) in [5.41, 5.74) is -2.21. The molecule has 1 rings (SSSR count). The Labute approximate surface area is 85.6 Å². The fraction of sp³-hybridized carbons (Fsp3) is 0.200. The first-order valence-electron chi connectivity index (χ1n) is 4.15. The predicted octanol–water partition coefficient (Wildman–Crippen LogP) is 0.352. The summed E-state index contributed by atoms with van der Waals surface area (Å²) in [6, 6.07) is 5.62. The molecule has 80 valence electrons. The number of aryl methyl sites for hydroxylation is 1.